The molecule has 0 radical (unpaired) electrons. The standard InChI is InChI=1S/C33H56O25/c1-2-49-30-23(48)26(17(42)12(7-38)52-30)56-32-22(47)24-13(8(3-34)51-32)25(55-24)29-27(19(44)15(40)9(4-35)50-29)57-33-28(20(45)16(41)11(6-37)54-33)58-31-21(46)18(43)14(39)10(5-36)53-31/h8-48H,2-7H2,1H3/t8?,9?,10?,11?,12?,13-,14-,15+,16-,17-,18?,19?,20?,21?,22?,23?,24?,25?,26?,27?,28?,29-,30+,31-,32-,33-/m1/s1. The van der Waals surface area contributed by atoms with E-state index in [1.54, 1.807) is 6.92 Å². The van der Waals surface area contributed by atoms with Crippen LogP contribution in [0, 0.1) is 5.92 Å². The minimum absolute atomic E-state index is 0.0803. The zero-order valence-corrected chi connectivity index (χ0v) is 31.0. The minimum atomic E-state index is -2.01. The molecule has 0 aliphatic carbocycles. The average molecular weight is 853 g/mol. The second kappa shape index (κ2) is 19.6. The van der Waals surface area contributed by atoms with Crippen molar-refractivity contribution in [3.63, 3.8) is 0 Å². The normalized spacial score (nSPS) is 53.8. The Morgan fingerprint density at radius 2 is 0.793 bits per heavy atom. The lowest BCUT2D eigenvalue weighted by atomic mass is 9.74. The Balaban J connectivity index is 1.23. The summed E-state index contributed by atoms with van der Waals surface area (Å²) in [5.74, 6) is -1.02. The van der Waals surface area contributed by atoms with Crippen molar-refractivity contribution < 1.29 is 124 Å². The van der Waals surface area contributed by atoms with Gasteiger partial charge in [0.25, 0.3) is 0 Å². The summed E-state index contributed by atoms with van der Waals surface area (Å²) in [5, 5.41) is 158. The van der Waals surface area contributed by atoms with E-state index in [2.05, 4.69) is 0 Å². The predicted molar refractivity (Wildman–Crippen MR) is 177 cm³/mol. The molecular weight excluding hydrogens is 796 g/mol. The quantitative estimate of drug-likeness (QED) is 0.0771. The summed E-state index contributed by atoms with van der Waals surface area (Å²) in [6.45, 7) is -2.32. The molecule has 25 nitrogen and oxygen atoms in total. The van der Waals surface area contributed by atoms with E-state index in [-0.39, 0.29) is 6.61 Å². The third-order valence-corrected chi connectivity index (χ3v) is 11.5. The molecule has 25 heteroatoms. The van der Waals surface area contributed by atoms with Gasteiger partial charge in [-0.25, -0.2) is 0 Å². The van der Waals surface area contributed by atoms with E-state index in [1.807, 2.05) is 0 Å². The van der Waals surface area contributed by atoms with E-state index in [0.717, 1.165) is 0 Å². The van der Waals surface area contributed by atoms with Gasteiger partial charge in [-0.1, -0.05) is 0 Å². The fraction of sp³-hybridized carbons (Fsp3) is 1.00. The first-order chi connectivity index (χ1) is 27.6. The zero-order chi connectivity index (χ0) is 42.3. The van der Waals surface area contributed by atoms with Crippen molar-refractivity contribution in [1.82, 2.24) is 0 Å². The van der Waals surface area contributed by atoms with E-state index in [4.69, 9.17) is 47.4 Å². The van der Waals surface area contributed by atoms with Crippen molar-refractivity contribution in [1.29, 1.82) is 0 Å². The van der Waals surface area contributed by atoms with Crippen LogP contribution >= 0.6 is 0 Å². The largest absolute Gasteiger partial charge is 0.394 e. The van der Waals surface area contributed by atoms with Gasteiger partial charge in [0.1, 0.15) is 110 Å². The van der Waals surface area contributed by atoms with Gasteiger partial charge >= 0.3 is 0 Å². The molecule has 0 saturated carbocycles. The van der Waals surface area contributed by atoms with Crippen LogP contribution < -0.4 is 0 Å². The highest BCUT2D eigenvalue weighted by atomic mass is 16.8. The van der Waals surface area contributed by atoms with E-state index >= 15 is 0 Å². The van der Waals surface area contributed by atoms with Crippen molar-refractivity contribution in [3.05, 3.63) is 0 Å². The molecular formula is C33H56O25. The SMILES string of the molecule is CCO[C@H]1OC(CO)[C@@H](O)C(O[C@H]2OC(CO)[C@@H]3C(OC3[C@H]3OC(CO)[C@H](O)C(O)C3O[C@H]3OC(CO)[C@@H](O)C(O)C3O[C@H]3OC(CO)[C@@H](O)C(O)C3O)C2O)C1O. The number of ether oxygens (including phenoxy) is 10. The van der Waals surface area contributed by atoms with Gasteiger partial charge in [0.05, 0.1) is 51.3 Å². The van der Waals surface area contributed by atoms with Crippen LogP contribution in [0.3, 0.4) is 0 Å². The molecule has 26 atom stereocenters. The molecule has 0 spiro atoms. The Kier molecular flexibility index (Phi) is 15.7. The van der Waals surface area contributed by atoms with E-state index in [9.17, 15) is 76.6 Å². The Morgan fingerprint density at radius 3 is 1.38 bits per heavy atom. The minimum Gasteiger partial charge on any atom is -0.394 e. The van der Waals surface area contributed by atoms with Gasteiger partial charge in [-0.05, 0) is 6.92 Å². The highest BCUT2D eigenvalue weighted by Crippen LogP contribution is 2.46. The van der Waals surface area contributed by atoms with Crippen LogP contribution in [0.4, 0.5) is 0 Å². The summed E-state index contributed by atoms with van der Waals surface area (Å²) in [4.78, 5) is 0. The first-order valence-electron chi connectivity index (χ1n) is 19.0. The molecule has 0 aromatic rings. The van der Waals surface area contributed by atoms with Crippen molar-refractivity contribution >= 4 is 0 Å². The molecule has 338 valence electrons. The van der Waals surface area contributed by atoms with E-state index < -0.39 is 192 Å². The number of rotatable bonds is 14. The molecule has 0 amide bonds. The van der Waals surface area contributed by atoms with E-state index in [0.29, 0.717) is 0 Å². The van der Waals surface area contributed by atoms with Crippen LogP contribution in [0.25, 0.3) is 0 Å². The van der Waals surface area contributed by atoms with Crippen molar-refractivity contribution in [3.8, 4) is 0 Å². The molecule has 6 aliphatic heterocycles. The van der Waals surface area contributed by atoms with Gasteiger partial charge in [-0.2, -0.15) is 0 Å². The van der Waals surface area contributed by atoms with Crippen LogP contribution in [0.1, 0.15) is 6.92 Å². The molecule has 0 bridgehead atoms. The topological polar surface area (TPSA) is 396 Å². The van der Waals surface area contributed by atoms with Crippen molar-refractivity contribution in [2.45, 2.75) is 160 Å². The summed E-state index contributed by atoms with van der Waals surface area (Å²) in [7, 11) is 0. The Morgan fingerprint density at radius 1 is 0.345 bits per heavy atom. The third-order valence-electron chi connectivity index (χ3n) is 11.5. The zero-order valence-electron chi connectivity index (χ0n) is 31.0. The van der Waals surface area contributed by atoms with E-state index in [1.165, 1.54) is 0 Å². The Hall–Kier alpha value is -1.00. The molecule has 6 fully saturated rings. The van der Waals surface area contributed by atoms with Gasteiger partial charge in [0.2, 0.25) is 0 Å². The number of aliphatic hydroxyl groups excluding tert-OH is 15. The Labute approximate surface area is 329 Å². The third kappa shape index (κ3) is 8.67. The summed E-state index contributed by atoms with van der Waals surface area (Å²) < 4.78 is 57.3. The van der Waals surface area contributed by atoms with Gasteiger partial charge in [0.15, 0.2) is 25.2 Å². The lowest BCUT2D eigenvalue weighted by Crippen LogP contribution is -2.75. The van der Waals surface area contributed by atoms with Crippen LogP contribution in [0.5, 0.6) is 0 Å². The summed E-state index contributed by atoms with van der Waals surface area (Å²) in [5.41, 5.74) is 0. The van der Waals surface area contributed by atoms with Gasteiger partial charge in [0, 0.05) is 12.5 Å². The second-order valence-electron chi connectivity index (χ2n) is 15.0. The molecule has 58 heavy (non-hydrogen) atoms. The van der Waals surface area contributed by atoms with Crippen molar-refractivity contribution in [2.75, 3.05) is 39.6 Å². The number of fused-ring (bicyclic) bond motifs is 1. The summed E-state index contributed by atoms with van der Waals surface area (Å²) >= 11 is 0. The van der Waals surface area contributed by atoms with Crippen LogP contribution in [0.15, 0.2) is 0 Å². The summed E-state index contributed by atoms with van der Waals surface area (Å²) in [6.07, 6.45) is -41.5. The lowest BCUT2D eigenvalue weighted by molar-refractivity contribution is -0.413. The first-order valence-corrected chi connectivity index (χ1v) is 19.0. The Bertz CT molecular complexity index is 1290. The van der Waals surface area contributed by atoms with Gasteiger partial charge in [-0.3, -0.25) is 0 Å². The second-order valence-corrected chi connectivity index (χ2v) is 15.0. The molecule has 15 N–H and O–H groups in total. The van der Waals surface area contributed by atoms with Crippen LogP contribution in [0.2, 0.25) is 0 Å². The predicted octanol–water partition coefficient (Wildman–Crippen LogP) is -10.2. The maximum absolute atomic E-state index is 11.4. The fourth-order valence-electron chi connectivity index (χ4n) is 8.28. The maximum Gasteiger partial charge on any atom is 0.187 e. The average Bonchev–Trinajstić information content (AvgIpc) is 3.20. The molecule has 6 saturated heterocycles. The number of hydrogen-bond donors (Lipinski definition) is 15. The molecule has 6 heterocycles. The monoisotopic (exact) mass is 852 g/mol. The van der Waals surface area contributed by atoms with Crippen LogP contribution in [-0.2, 0) is 47.4 Å². The van der Waals surface area contributed by atoms with Crippen LogP contribution in [-0.4, -0.2) is 270 Å². The highest BCUT2D eigenvalue weighted by molar-refractivity contribution is 5.09. The van der Waals surface area contributed by atoms with Gasteiger partial charge < -0.3 is 124 Å². The first kappa shape index (κ1) is 46.5. The molecule has 0 aromatic carbocycles. The molecule has 0 aromatic heterocycles. The number of hydrogen-bond acceptors (Lipinski definition) is 25. The molecule has 16 unspecified atom stereocenters. The highest BCUT2D eigenvalue weighted by Gasteiger charge is 2.64. The van der Waals surface area contributed by atoms with Gasteiger partial charge in [-0.15, -0.1) is 0 Å². The smallest absolute Gasteiger partial charge is 0.187 e. The molecule has 6 rings (SSSR count). The lowest BCUT2D eigenvalue weighted by Gasteiger charge is -2.59. The maximum atomic E-state index is 11.4. The number of aliphatic hydroxyl groups is 15. The fourth-order valence-corrected chi connectivity index (χ4v) is 8.28. The summed E-state index contributed by atoms with van der Waals surface area (Å²) in [6, 6.07) is 0. The van der Waals surface area contributed by atoms with Crippen molar-refractivity contribution in [2.24, 2.45) is 5.92 Å². The molecule has 6 aliphatic rings.